The van der Waals surface area contributed by atoms with Crippen molar-refractivity contribution in [3.63, 3.8) is 0 Å². The van der Waals surface area contributed by atoms with Crippen LogP contribution in [0.5, 0.6) is 0 Å². The summed E-state index contributed by atoms with van der Waals surface area (Å²) >= 11 is -2.47. The maximum atomic E-state index is 2.61. The molecular weight excluding hydrogens is 452 g/mol. The molecule has 0 N–H and O–H groups in total. The molecule has 2 aliphatic carbocycles. The van der Waals surface area contributed by atoms with E-state index in [1.54, 1.807) is 22.3 Å². The SMILES string of the molecule is CC1=CC[C]([Zr]2([CH]3c4cc(C(C)(C)C)ccc4-c4ccc(C(C)(C)C)cc43)[CH2][CH2]2)=C1C. The fraction of sp³-hybridized carbons (Fsp3) is 0.467. The summed E-state index contributed by atoms with van der Waals surface area (Å²) in [7, 11) is 0. The quantitative estimate of drug-likeness (QED) is 0.395. The average Bonchev–Trinajstić information content (AvgIpc) is 3.30. The molecule has 1 fully saturated rings. The summed E-state index contributed by atoms with van der Waals surface area (Å²) in [6.07, 6.45) is 3.75. The van der Waals surface area contributed by atoms with E-state index in [-0.39, 0.29) is 10.8 Å². The molecule has 0 amide bonds. The Balaban J connectivity index is 1.74. The van der Waals surface area contributed by atoms with E-state index < -0.39 is 20.3 Å². The van der Waals surface area contributed by atoms with E-state index in [9.17, 15) is 0 Å². The van der Waals surface area contributed by atoms with Gasteiger partial charge in [0.1, 0.15) is 0 Å². The Kier molecular flexibility index (Phi) is 4.82. The van der Waals surface area contributed by atoms with Gasteiger partial charge in [0, 0.05) is 0 Å². The van der Waals surface area contributed by atoms with Crippen molar-refractivity contribution in [2.45, 2.75) is 84.5 Å². The third-order valence-corrected chi connectivity index (χ3v) is 20.8. The van der Waals surface area contributed by atoms with Gasteiger partial charge < -0.3 is 0 Å². The molecular formula is C30H38Zr. The average molecular weight is 490 g/mol. The molecule has 0 aromatic heterocycles. The van der Waals surface area contributed by atoms with E-state index in [1.165, 1.54) is 36.9 Å². The Morgan fingerprint density at radius 3 is 1.58 bits per heavy atom. The molecule has 162 valence electrons. The molecule has 31 heavy (non-hydrogen) atoms. The van der Waals surface area contributed by atoms with Gasteiger partial charge in [-0.2, -0.15) is 0 Å². The third kappa shape index (κ3) is 3.33. The van der Waals surface area contributed by atoms with Gasteiger partial charge in [0.2, 0.25) is 0 Å². The van der Waals surface area contributed by atoms with Crippen LogP contribution < -0.4 is 0 Å². The van der Waals surface area contributed by atoms with Gasteiger partial charge in [-0.05, 0) is 0 Å². The van der Waals surface area contributed by atoms with Crippen molar-refractivity contribution in [3.05, 3.63) is 79.2 Å². The second kappa shape index (κ2) is 6.90. The van der Waals surface area contributed by atoms with Crippen LogP contribution in [0.2, 0.25) is 8.26 Å². The number of benzene rings is 2. The molecule has 2 aromatic rings. The first-order valence-electron chi connectivity index (χ1n) is 12.1. The van der Waals surface area contributed by atoms with E-state index in [0.717, 1.165) is 0 Å². The minimum atomic E-state index is -2.47. The standard InChI is InChI=1S/C21H25.C7H9.C2H4.Zr/c1-20(2,3)16-7-9-18-14(12-16)11-15-13-17(21(4,5)6)8-10-19(15)18;1-6-4-3-5-7(6)2;1-2;/h7-13H,1-6H3;4H,3H2,1-2H3;1-2H2;. The molecule has 0 radical (unpaired) electrons. The Labute approximate surface area is 194 Å². The molecule has 0 bridgehead atoms. The fourth-order valence-corrected chi connectivity index (χ4v) is 22.1. The molecule has 2 aromatic carbocycles. The topological polar surface area (TPSA) is 0 Å². The van der Waals surface area contributed by atoms with Gasteiger partial charge >= 0.3 is 195 Å². The van der Waals surface area contributed by atoms with E-state index in [1.807, 2.05) is 3.28 Å². The van der Waals surface area contributed by atoms with Crippen molar-refractivity contribution in [1.82, 2.24) is 0 Å². The van der Waals surface area contributed by atoms with Crippen molar-refractivity contribution in [1.29, 1.82) is 0 Å². The van der Waals surface area contributed by atoms with E-state index >= 15 is 0 Å². The summed E-state index contributed by atoms with van der Waals surface area (Å²) in [5.41, 5.74) is 13.0. The molecule has 1 heterocycles. The summed E-state index contributed by atoms with van der Waals surface area (Å²) in [6.45, 7) is 18.9. The van der Waals surface area contributed by atoms with Crippen LogP contribution in [0, 0.1) is 0 Å². The van der Waals surface area contributed by atoms with Crippen LogP contribution in [0.1, 0.15) is 87.7 Å². The zero-order chi connectivity index (χ0) is 22.3. The van der Waals surface area contributed by atoms with Crippen molar-refractivity contribution in [3.8, 4) is 11.1 Å². The third-order valence-electron chi connectivity index (χ3n) is 8.35. The second-order valence-electron chi connectivity index (χ2n) is 12.4. The van der Waals surface area contributed by atoms with Gasteiger partial charge in [-0.25, -0.2) is 0 Å². The van der Waals surface area contributed by atoms with Crippen LogP contribution >= 0.6 is 0 Å². The normalized spacial score (nSPS) is 20.1. The first-order chi connectivity index (χ1) is 14.4. The van der Waals surface area contributed by atoms with Crippen LogP contribution in [-0.2, 0) is 31.1 Å². The number of allylic oxidation sites excluding steroid dienone is 4. The molecule has 1 saturated heterocycles. The van der Waals surface area contributed by atoms with Crippen LogP contribution in [0.15, 0.2) is 56.9 Å². The number of fused-ring (bicyclic) bond motifs is 3. The van der Waals surface area contributed by atoms with E-state index in [0.29, 0.717) is 3.63 Å². The second-order valence-corrected chi connectivity index (χ2v) is 23.4. The predicted octanol–water partition coefficient (Wildman–Crippen LogP) is 8.98. The summed E-state index contributed by atoms with van der Waals surface area (Å²) in [5.74, 6) is 0. The van der Waals surface area contributed by atoms with Gasteiger partial charge in [-0.1, -0.05) is 0 Å². The molecule has 3 aliphatic rings. The van der Waals surface area contributed by atoms with E-state index in [4.69, 9.17) is 0 Å². The Hall–Kier alpha value is -1.20. The van der Waals surface area contributed by atoms with Gasteiger partial charge in [-0.15, -0.1) is 0 Å². The van der Waals surface area contributed by atoms with Crippen LogP contribution in [-0.4, -0.2) is 0 Å². The Morgan fingerprint density at radius 1 is 0.742 bits per heavy atom. The summed E-state index contributed by atoms with van der Waals surface area (Å²) < 4.78 is 5.70. The van der Waals surface area contributed by atoms with Crippen LogP contribution in [0.3, 0.4) is 0 Å². The number of rotatable bonds is 2. The predicted molar refractivity (Wildman–Crippen MR) is 132 cm³/mol. The van der Waals surface area contributed by atoms with Gasteiger partial charge in [0.05, 0.1) is 0 Å². The summed E-state index contributed by atoms with van der Waals surface area (Å²) in [5, 5.41) is 0. The summed E-state index contributed by atoms with van der Waals surface area (Å²) in [6, 6.07) is 14.9. The number of hydrogen-bond donors (Lipinski definition) is 0. The monoisotopic (exact) mass is 488 g/mol. The first-order valence-corrected chi connectivity index (χ1v) is 18.2. The molecule has 0 atom stereocenters. The first kappa shape index (κ1) is 21.6. The molecule has 0 unspecified atom stereocenters. The fourth-order valence-electron chi connectivity index (χ4n) is 6.06. The van der Waals surface area contributed by atoms with Crippen LogP contribution in [0.25, 0.3) is 11.1 Å². The van der Waals surface area contributed by atoms with Crippen molar-refractivity contribution >= 4 is 0 Å². The molecule has 5 rings (SSSR count). The molecule has 1 heteroatoms. The Bertz CT molecular complexity index is 1080. The van der Waals surface area contributed by atoms with E-state index in [2.05, 4.69) is 97.9 Å². The zero-order valence-electron chi connectivity index (χ0n) is 20.7. The van der Waals surface area contributed by atoms with Crippen molar-refractivity contribution in [2.75, 3.05) is 0 Å². The maximum absolute atomic E-state index is 2.61. The van der Waals surface area contributed by atoms with Gasteiger partial charge in [0.15, 0.2) is 0 Å². The molecule has 1 aliphatic heterocycles. The van der Waals surface area contributed by atoms with Gasteiger partial charge in [0.25, 0.3) is 0 Å². The molecule has 0 saturated carbocycles. The van der Waals surface area contributed by atoms with Crippen molar-refractivity contribution < 1.29 is 20.3 Å². The summed E-state index contributed by atoms with van der Waals surface area (Å²) in [4.78, 5) is 0. The van der Waals surface area contributed by atoms with Crippen molar-refractivity contribution in [2.24, 2.45) is 0 Å². The van der Waals surface area contributed by atoms with Gasteiger partial charge in [-0.3, -0.25) is 0 Å². The molecule has 0 spiro atoms. The van der Waals surface area contributed by atoms with Crippen LogP contribution in [0.4, 0.5) is 0 Å². The minimum absolute atomic E-state index is 0.192. The molecule has 0 nitrogen and oxygen atoms in total. The zero-order valence-corrected chi connectivity index (χ0v) is 23.2. The number of hydrogen-bond acceptors (Lipinski definition) is 0. The Morgan fingerprint density at radius 2 is 1.23 bits per heavy atom.